The molecular formula is C7H6N4O. The first-order valence-electron chi connectivity index (χ1n) is 3.37. The molecule has 2 N–H and O–H groups in total. The number of aromatic nitrogens is 3. The monoisotopic (exact) mass is 162 g/mol. The van der Waals surface area contributed by atoms with Crippen molar-refractivity contribution in [1.29, 1.82) is 0 Å². The number of nitrogens with two attached hydrogens (primary N) is 1. The van der Waals surface area contributed by atoms with Crippen molar-refractivity contribution in [3.63, 3.8) is 0 Å². The Balaban J connectivity index is 2.89. The molecule has 12 heavy (non-hydrogen) atoms. The number of nitrogens with zero attached hydrogens (tertiary/aromatic N) is 3. The van der Waals surface area contributed by atoms with Gasteiger partial charge in [-0.05, 0) is 12.1 Å². The fraction of sp³-hybridized carbons (Fsp3) is 0. The summed E-state index contributed by atoms with van der Waals surface area (Å²) >= 11 is 0. The summed E-state index contributed by atoms with van der Waals surface area (Å²) in [5, 5.41) is 7.38. The highest BCUT2D eigenvalue weighted by molar-refractivity contribution is 5.84. The van der Waals surface area contributed by atoms with E-state index in [-0.39, 0.29) is 5.95 Å². The van der Waals surface area contributed by atoms with E-state index in [1.54, 1.807) is 22.7 Å². The number of hydrogen-bond acceptors (Lipinski definition) is 4. The van der Waals surface area contributed by atoms with E-state index in [2.05, 4.69) is 10.2 Å². The Labute approximate surface area is 67.8 Å². The standard InChI is InChI=1S/C7H6N4O/c8-7-10-9-6-5(4-12)2-1-3-11(6)7/h1-4H,(H2,8,10). The van der Waals surface area contributed by atoms with E-state index in [0.717, 1.165) is 6.29 Å². The fourth-order valence-electron chi connectivity index (χ4n) is 1.05. The maximum absolute atomic E-state index is 10.5. The first kappa shape index (κ1) is 6.78. The lowest BCUT2D eigenvalue weighted by molar-refractivity contribution is 0.112. The third kappa shape index (κ3) is 0.763. The fourth-order valence-corrected chi connectivity index (χ4v) is 1.05. The van der Waals surface area contributed by atoms with Crippen molar-refractivity contribution < 1.29 is 4.79 Å². The zero-order valence-corrected chi connectivity index (χ0v) is 6.14. The Morgan fingerprint density at radius 1 is 1.50 bits per heavy atom. The van der Waals surface area contributed by atoms with Gasteiger partial charge in [0.15, 0.2) is 11.9 Å². The van der Waals surface area contributed by atoms with Gasteiger partial charge in [-0.2, -0.15) is 0 Å². The van der Waals surface area contributed by atoms with E-state index < -0.39 is 0 Å². The number of fused-ring (bicyclic) bond motifs is 1. The third-order valence-electron chi connectivity index (χ3n) is 1.62. The van der Waals surface area contributed by atoms with E-state index in [1.165, 1.54) is 0 Å². The normalized spacial score (nSPS) is 10.3. The average Bonchev–Trinajstić information content (AvgIpc) is 2.48. The van der Waals surface area contributed by atoms with Gasteiger partial charge in [0.1, 0.15) is 0 Å². The van der Waals surface area contributed by atoms with Crippen LogP contribution in [-0.2, 0) is 0 Å². The quantitative estimate of drug-likeness (QED) is 0.604. The number of pyridine rings is 1. The maximum atomic E-state index is 10.5. The van der Waals surface area contributed by atoms with Crippen LogP contribution in [0.4, 0.5) is 5.95 Å². The predicted octanol–water partition coefficient (Wildman–Crippen LogP) is 0.124. The van der Waals surface area contributed by atoms with Gasteiger partial charge in [-0.25, -0.2) is 0 Å². The molecule has 0 aliphatic heterocycles. The number of hydrogen-bond donors (Lipinski definition) is 1. The molecule has 0 unspecified atom stereocenters. The molecule has 2 aromatic rings. The highest BCUT2D eigenvalue weighted by Crippen LogP contribution is 2.08. The zero-order chi connectivity index (χ0) is 8.55. The number of rotatable bonds is 1. The van der Waals surface area contributed by atoms with Gasteiger partial charge in [-0.1, -0.05) is 0 Å². The van der Waals surface area contributed by atoms with E-state index in [9.17, 15) is 4.79 Å². The first-order chi connectivity index (χ1) is 5.83. The summed E-state index contributed by atoms with van der Waals surface area (Å²) in [7, 11) is 0. The highest BCUT2D eigenvalue weighted by atomic mass is 16.1. The molecule has 0 radical (unpaired) electrons. The molecule has 2 aromatic heterocycles. The first-order valence-corrected chi connectivity index (χ1v) is 3.37. The van der Waals surface area contributed by atoms with Crippen molar-refractivity contribution in [1.82, 2.24) is 14.6 Å². The molecule has 0 saturated carbocycles. The molecule has 5 nitrogen and oxygen atoms in total. The summed E-state index contributed by atoms with van der Waals surface area (Å²) in [5.41, 5.74) is 6.45. The van der Waals surface area contributed by atoms with Gasteiger partial charge >= 0.3 is 0 Å². The molecule has 0 amide bonds. The maximum Gasteiger partial charge on any atom is 0.226 e. The molecule has 0 saturated heterocycles. The van der Waals surface area contributed by atoms with Crippen molar-refractivity contribution in [2.24, 2.45) is 0 Å². The van der Waals surface area contributed by atoms with Crippen molar-refractivity contribution in [3.8, 4) is 0 Å². The van der Waals surface area contributed by atoms with Crippen LogP contribution in [-0.4, -0.2) is 20.9 Å². The minimum absolute atomic E-state index is 0.286. The lowest BCUT2D eigenvalue weighted by Gasteiger charge is -1.94. The summed E-state index contributed by atoms with van der Waals surface area (Å²) in [6.45, 7) is 0. The lowest BCUT2D eigenvalue weighted by atomic mass is 10.3. The van der Waals surface area contributed by atoms with Gasteiger partial charge in [0.25, 0.3) is 0 Å². The van der Waals surface area contributed by atoms with Crippen LogP contribution in [0.25, 0.3) is 5.65 Å². The molecule has 0 aliphatic carbocycles. The smallest absolute Gasteiger partial charge is 0.226 e. The third-order valence-corrected chi connectivity index (χ3v) is 1.62. The van der Waals surface area contributed by atoms with Crippen LogP contribution in [0.2, 0.25) is 0 Å². The van der Waals surface area contributed by atoms with Crippen LogP contribution in [0.3, 0.4) is 0 Å². The predicted molar refractivity (Wildman–Crippen MR) is 42.8 cm³/mol. The molecule has 60 valence electrons. The highest BCUT2D eigenvalue weighted by Gasteiger charge is 2.04. The molecule has 5 heteroatoms. The topological polar surface area (TPSA) is 73.3 Å². The van der Waals surface area contributed by atoms with Crippen LogP contribution in [0.1, 0.15) is 10.4 Å². The van der Waals surface area contributed by atoms with Crippen molar-refractivity contribution in [3.05, 3.63) is 23.9 Å². The molecule has 0 spiro atoms. The minimum atomic E-state index is 0.286. The van der Waals surface area contributed by atoms with Crippen LogP contribution < -0.4 is 5.73 Å². The zero-order valence-electron chi connectivity index (χ0n) is 6.14. The van der Waals surface area contributed by atoms with E-state index in [1.807, 2.05) is 0 Å². The number of anilines is 1. The van der Waals surface area contributed by atoms with E-state index >= 15 is 0 Å². The number of aldehydes is 1. The van der Waals surface area contributed by atoms with Gasteiger partial charge in [0.05, 0.1) is 5.56 Å². The largest absolute Gasteiger partial charge is 0.368 e. The summed E-state index contributed by atoms with van der Waals surface area (Å²) in [5.74, 6) is 0.286. The summed E-state index contributed by atoms with van der Waals surface area (Å²) in [4.78, 5) is 10.5. The summed E-state index contributed by atoms with van der Waals surface area (Å²) in [6.07, 6.45) is 2.43. The van der Waals surface area contributed by atoms with Crippen LogP contribution in [0.5, 0.6) is 0 Å². The van der Waals surface area contributed by atoms with Crippen LogP contribution in [0, 0.1) is 0 Å². The van der Waals surface area contributed by atoms with Crippen molar-refractivity contribution in [2.45, 2.75) is 0 Å². The molecular weight excluding hydrogens is 156 g/mol. The van der Waals surface area contributed by atoms with Gasteiger partial charge in [0.2, 0.25) is 5.95 Å². The Bertz CT molecular complexity index is 434. The molecule has 0 fully saturated rings. The van der Waals surface area contributed by atoms with Crippen LogP contribution in [0.15, 0.2) is 18.3 Å². The molecule has 0 atom stereocenters. The van der Waals surface area contributed by atoms with E-state index in [4.69, 9.17) is 5.73 Å². The second-order valence-corrected chi connectivity index (χ2v) is 2.33. The van der Waals surface area contributed by atoms with Crippen LogP contribution >= 0.6 is 0 Å². The Morgan fingerprint density at radius 3 is 3.08 bits per heavy atom. The molecule has 0 aliphatic rings. The second-order valence-electron chi connectivity index (χ2n) is 2.33. The molecule has 0 aromatic carbocycles. The summed E-state index contributed by atoms with van der Waals surface area (Å²) in [6, 6.07) is 3.38. The number of carbonyl (C=O) groups excluding carboxylic acids is 1. The Morgan fingerprint density at radius 2 is 2.33 bits per heavy atom. The van der Waals surface area contributed by atoms with Crippen molar-refractivity contribution >= 4 is 17.9 Å². The lowest BCUT2D eigenvalue weighted by Crippen LogP contribution is -1.94. The second kappa shape index (κ2) is 2.30. The van der Waals surface area contributed by atoms with Gasteiger partial charge < -0.3 is 5.73 Å². The van der Waals surface area contributed by atoms with Crippen molar-refractivity contribution in [2.75, 3.05) is 5.73 Å². The molecule has 0 bridgehead atoms. The average molecular weight is 162 g/mol. The molecule has 2 heterocycles. The molecule has 2 rings (SSSR count). The Kier molecular flexibility index (Phi) is 1.30. The SMILES string of the molecule is Nc1nnc2c(C=O)cccn12. The van der Waals surface area contributed by atoms with Gasteiger partial charge in [0, 0.05) is 6.20 Å². The number of nitrogen functional groups attached to an aromatic ring is 1. The summed E-state index contributed by atoms with van der Waals surface area (Å²) < 4.78 is 1.56. The van der Waals surface area contributed by atoms with Gasteiger partial charge in [-0.3, -0.25) is 9.20 Å². The number of carbonyl (C=O) groups is 1. The minimum Gasteiger partial charge on any atom is -0.368 e. The Hall–Kier alpha value is -1.91. The van der Waals surface area contributed by atoms with E-state index in [0.29, 0.717) is 11.2 Å². The van der Waals surface area contributed by atoms with Gasteiger partial charge in [-0.15, -0.1) is 10.2 Å².